The van der Waals surface area contributed by atoms with Gasteiger partial charge in [-0.3, -0.25) is 0 Å². The average molecular weight is 205 g/mol. The van der Waals surface area contributed by atoms with E-state index >= 15 is 0 Å². The van der Waals surface area contributed by atoms with E-state index in [1.807, 2.05) is 18.2 Å². The molecule has 0 aromatic heterocycles. The molecule has 1 aliphatic heterocycles. The molecule has 0 fully saturated rings. The Hall–Kier alpha value is -1.80. The molecule has 2 rings (SSSR count). The van der Waals surface area contributed by atoms with Crippen LogP contribution < -0.4 is 9.47 Å². The van der Waals surface area contributed by atoms with E-state index in [-0.39, 0.29) is 6.04 Å². The highest BCUT2D eigenvalue weighted by molar-refractivity contribution is 5.50. The van der Waals surface area contributed by atoms with Crippen LogP contribution in [0.15, 0.2) is 23.2 Å². The number of isocyanates is 1. The molecular weight excluding hydrogens is 194 g/mol. The van der Waals surface area contributed by atoms with Crippen LogP contribution in [0, 0.1) is 0 Å². The van der Waals surface area contributed by atoms with Gasteiger partial charge in [-0.05, 0) is 6.07 Å². The molecule has 15 heavy (non-hydrogen) atoms. The molecule has 0 spiro atoms. The minimum Gasteiger partial charge on any atom is -0.493 e. The van der Waals surface area contributed by atoms with Crippen molar-refractivity contribution in [2.75, 3.05) is 13.7 Å². The summed E-state index contributed by atoms with van der Waals surface area (Å²) in [5.41, 5.74) is 0.893. The molecule has 0 N–H and O–H groups in total. The number of ether oxygens (including phenoxy) is 2. The third kappa shape index (κ3) is 1.72. The largest absolute Gasteiger partial charge is 0.493 e. The van der Waals surface area contributed by atoms with Crippen molar-refractivity contribution < 1.29 is 14.3 Å². The summed E-state index contributed by atoms with van der Waals surface area (Å²) in [7, 11) is 1.59. The summed E-state index contributed by atoms with van der Waals surface area (Å²) >= 11 is 0. The van der Waals surface area contributed by atoms with Crippen molar-refractivity contribution in [2.45, 2.75) is 12.5 Å². The van der Waals surface area contributed by atoms with Crippen LogP contribution in [-0.2, 0) is 4.79 Å². The number of fused-ring (bicyclic) bond motifs is 1. The second-order valence-corrected chi connectivity index (χ2v) is 3.25. The van der Waals surface area contributed by atoms with Crippen LogP contribution in [0.4, 0.5) is 0 Å². The van der Waals surface area contributed by atoms with Crippen LogP contribution in [0.25, 0.3) is 0 Å². The molecule has 0 saturated heterocycles. The Morgan fingerprint density at radius 1 is 1.60 bits per heavy atom. The smallest absolute Gasteiger partial charge is 0.235 e. The van der Waals surface area contributed by atoms with Gasteiger partial charge < -0.3 is 9.47 Å². The van der Waals surface area contributed by atoms with Crippen molar-refractivity contribution in [3.8, 4) is 11.5 Å². The minimum atomic E-state index is -0.152. The Morgan fingerprint density at radius 3 is 3.20 bits per heavy atom. The first-order valence-electron chi connectivity index (χ1n) is 4.73. The Balaban J connectivity index is 2.48. The molecule has 78 valence electrons. The van der Waals surface area contributed by atoms with Gasteiger partial charge in [-0.25, -0.2) is 4.79 Å². The van der Waals surface area contributed by atoms with Crippen LogP contribution in [0.3, 0.4) is 0 Å². The van der Waals surface area contributed by atoms with E-state index in [4.69, 9.17) is 9.47 Å². The van der Waals surface area contributed by atoms with Gasteiger partial charge in [-0.1, -0.05) is 12.1 Å². The van der Waals surface area contributed by atoms with Gasteiger partial charge >= 0.3 is 0 Å². The number of hydrogen-bond acceptors (Lipinski definition) is 4. The van der Waals surface area contributed by atoms with E-state index in [0.717, 1.165) is 5.56 Å². The lowest BCUT2D eigenvalue weighted by Gasteiger charge is -2.23. The minimum absolute atomic E-state index is 0.152. The number of nitrogens with zero attached hydrogens (tertiary/aromatic N) is 1. The summed E-state index contributed by atoms with van der Waals surface area (Å²) in [5.74, 6) is 1.37. The molecule has 1 atom stereocenters. The molecule has 0 saturated carbocycles. The molecule has 4 heteroatoms. The Morgan fingerprint density at radius 2 is 2.47 bits per heavy atom. The maximum atomic E-state index is 10.3. The van der Waals surface area contributed by atoms with Crippen molar-refractivity contribution in [1.82, 2.24) is 0 Å². The maximum absolute atomic E-state index is 10.3. The molecule has 4 nitrogen and oxygen atoms in total. The monoisotopic (exact) mass is 205 g/mol. The Kier molecular flexibility index (Phi) is 2.70. The lowest BCUT2D eigenvalue weighted by atomic mass is 10.0. The number of carbonyl (C=O) groups excluding carboxylic acids is 1. The van der Waals surface area contributed by atoms with Gasteiger partial charge in [0.2, 0.25) is 6.08 Å². The normalized spacial score (nSPS) is 18.3. The number of rotatable bonds is 2. The topological polar surface area (TPSA) is 47.9 Å². The fourth-order valence-electron chi connectivity index (χ4n) is 1.74. The van der Waals surface area contributed by atoms with Gasteiger partial charge in [-0.15, -0.1) is 0 Å². The highest BCUT2D eigenvalue weighted by Gasteiger charge is 2.23. The van der Waals surface area contributed by atoms with E-state index < -0.39 is 0 Å². The fraction of sp³-hybridized carbons (Fsp3) is 0.364. The lowest BCUT2D eigenvalue weighted by Crippen LogP contribution is -2.13. The first kappa shape index (κ1) is 9.74. The predicted octanol–water partition coefficient (Wildman–Crippen LogP) is 1.85. The summed E-state index contributed by atoms with van der Waals surface area (Å²) in [4.78, 5) is 14.0. The van der Waals surface area contributed by atoms with E-state index in [1.54, 1.807) is 13.2 Å². The van der Waals surface area contributed by atoms with Crippen LogP contribution >= 0.6 is 0 Å². The van der Waals surface area contributed by atoms with Gasteiger partial charge in [0.15, 0.2) is 11.5 Å². The molecular formula is C11H11NO3. The number of aliphatic imine (C=N–C) groups is 1. The molecule has 1 heterocycles. The van der Waals surface area contributed by atoms with E-state index in [0.29, 0.717) is 24.5 Å². The third-order valence-corrected chi connectivity index (χ3v) is 2.43. The zero-order valence-corrected chi connectivity index (χ0v) is 8.40. The van der Waals surface area contributed by atoms with E-state index in [1.165, 1.54) is 0 Å². The molecule has 1 aromatic carbocycles. The number of benzene rings is 1. The summed E-state index contributed by atoms with van der Waals surface area (Å²) in [6, 6.07) is 5.43. The predicted molar refractivity (Wildman–Crippen MR) is 54.0 cm³/mol. The number of para-hydroxylation sites is 1. The second kappa shape index (κ2) is 4.15. The zero-order chi connectivity index (χ0) is 10.7. The summed E-state index contributed by atoms with van der Waals surface area (Å²) < 4.78 is 10.7. The maximum Gasteiger partial charge on any atom is 0.235 e. The highest BCUT2D eigenvalue weighted by atomic mass is 16.5. The third-order valence-electron chi connectivity index (χ3n) is 2.43. The molecule has 0 radical (unpaired) electrons. The zero-order valence-electron chi connectivity index (χ0n) is 8.40. The molecule has 0 aliphatic carbocycles. The SMILES string of the molecule is COc1cccc2c1OCCC2N=C=O. The van der Waals surface area contributed by atoms with Crippen LogP contribution in [-0.4, -0.2) is 19.8 Å². The van der Waals surface area contributed by atoms with Crippen LogP contribution in [0.5, 0.6) is 11.5 Å². The van der Waals surface area contributed by atoms with E-state index in [9.17, 15) is 4.79 Å². The van der Waals surface area contributed by atoms with Gasteiger partial charge in [0.25, 0.3) is 0 Å². The first-order valence-corrected chi connectivity index (χ1v) is 4.73. The molecule has 1 aliphatic rings. The van der Waals surface area contributed by atoms with Crippen LogP contribution in [0.2, 0.25) is 0 Å². The number of methoxy groups -OCH3 is 1. The highest BCUT2D eigenvalue weighted by Crippen LogP contribution is 2.40. The van der Waals surface area contributed by atoms with Crippen molar-refractivity contribution in [1.29, 1.82) is 0 Å². The molecule has 1 aromatic rings. The van der Waals surface area contributed by atoms with Gasteiger partial charge in [-0.2, -0.15) is 4.99 Å². The lowest BCUT2D eigenvalue weighted by molar-refractivity contribution is 0.253. The van der Waals surface area contributed by atoms with Gasteiger partial charge in [0, 0.05) is 12.0 Å². The standard InChI is InChI=1S/C11H11NO3/c1-14-10-4-2-3-8-9(12-7-13)5-6-15-11(8)10/h2-4,9H,5-6H2,1H3. The average Bonchev–Trinajstić information content (AvgIpc) is 2.29. The van der Waals surface area contributed by atoms with Crippen LogP contribution in [0.1, 0.15) is 18.0 Å². The fourth-order valence-corrected chi connectivity index (χ4v) is 1.74. The quantitative estimate of drug-likeness (QED) is 0.547. The van der Waals surface area contributed by atoms with Crippen molar-refractivity contribution in [3.05, 3.63) is 23.8 Å². The van der Waals surface area contributed by atoms with Crippen molar-refractivity contribution in [3.63, 3.8) is 0 Å². The Bertz CT molecular complexity index is 410. The first-order chi connectivity index (χ1) is 7.36. The summed E-state index contributed by atoms with van der Waals surface area (Å²) in [6.45, 7) is 0.545. The second-order valence-electron chi connectivity index (χ2n) is 3.25. The summed E-state index contributed by atoms with van der Waals surface area (Å²) in [5, 5.41) is 0. The van der Waals surface area contributed by atoms with E-state index in [2.05, 4.69) is 4.99 Å². The van der Waals surface area contributed by atoms with Gasteiger partial charge in [0.1, 0.15) is 0 Å². The Labute approximate surface area is 87.5 Å². The summed E-state index contributed by atoms with van der Waals surface area (Å²) in [6.07, 6.45) is 2.30. The van der Waals surface area contributed by atoms with Gasteiger partial charge in [0.05, 0.1) is 19.8 Å². The molecule has 1 unspecified atom stereocenters. The van der Waals surface area contributed by atoms with Crippen molar-refractivity contribution in [2.24, 2.45) is 4.99 Å². The van der Waals surface area contributed by atoms with Crippen molar-refractivity contribution >= 4 is 6.08 Å². The molecule has 0 amide bonds. The molecule has 0 bridgehead atoms. The number of hydrogen-bond donors (Lipinski definition) is 0.